The number of hydrogen-bond donors (Lipinski definition) is 2. The third-order valence-electron chi connectivity index (χ3n) is 6.24. The van der Waals surface area contributed by atoms with Crippen molar-refractivity contribution in [2.24, 2.45) is 0 Å². The highest BCUT2D eigenvalue weighted by molar-refractivity contribution is 7.80. The predicted molar refractivity (Wildman–Crippen MR) is 125 cm³/mol. The Morgan fingerprint density at radius 2 is 2.03 bits per heavy atom. The van der Waals surface area contributed by atoms with Gasteiger partial charge in [-0.05, 0) is 90.3 Å². The van der Waals surface area contributed by atoms with E-state index in [0.29, 0.717) is 12.1 Å². The van der Waals surface area contributed by atoms with E-state index < -0.39 is 0 Å². The number of rotatable bonds is 6. The molecule has 29 heavy (non-hydrogen) atoms. The van der Waals surface area contributed by atoms with E-state index in [2.05, 4.69) is 66.1 Å². The van der Waals surface area contributed by atoms with E-state index in [4.69, 9.17) is 12.2 Å². The van der Waals surface area contributed by atoms with Crippen molar-refractivity contribution >= 4 is 17.3 Å². The Balaban J connectivity index is 1.71. The Morgan fingerprint density at radius 1 is 1.31 bits per heavy atom. The van der Waals surface area contributed by atoms with Crippen LogP contribution < -0.4 is 10.6 Å². The van der Waals surface area contributed by atoms with Gasteiger partial charge >= 0.3 is 0 Å². The normalized spacial score (nSPS) is 24.4. The molecule has 2 N–H and O–H groups in total. The molecule has 0 aromatic carbocycles. The Morgan fingerprint density at radius 3 is 2.66 bits per heavy atom. The first-order valence-corrected chi connectivity index (χ1v) is 11.6. The molecule has 2 aliphatic rings. The number of aromatic nitrogens is 1. The molecular weight excluding hydrogens is 378 g/mol. The molecule has 0 aliphatic carbocycles. The van der Waals surface area contributed by atoms with Gasteiger partial charge in [0.2, 0.25) is 0 Å². The highest BCUT2D eigenvalue weighted by Gasteiger charge is 2.38. The lowest BCUT2D eigenvalue weighted by molar-refractivity contribution is 0.152. The second-order valence-electron chi connectivity index (χ2n) is 10.1. The zero-order chi connectivity index (χ0) is 21.1. The van der Waals surface area contributed by atoms with Crippen molar-refractivity contribution in [3.63, 3.8) is 0 Å². The topological polar surface area (TPSA) is 43.4 Å². The molecule has 162 valence electrons. The average molecular weight is 418 g/mol. The van der Waals surface area contributed by atoms with Gasteiger partial charge in [-0.3, -0.25) is 9.88 Å². The second-order valence-corrected chi connectivity index (χ2v) is 10.5. The van der Waals surface area contributed by atoms with Crippen LogP contribution in [0.25, 0.3) is 0 Å². The Kier molecular flexibility index (Phi) is 7.18. The van der Waals surface area contributed by atoms with E-state index in [9.17, 15) is 0 Å². The maximum Gasteiger partial charge on any atom is 0.169 e. The summed E-state index contributed by atoms with van der Waals surface area (Å²) in [6.45, 7) is 15.5. The number of nitrogens with zero attached hydrogens (tertiary/aromatic N) is 3. The molecule has 2 saturated heterocycles. The number of thiocarbonyl (C=S) groups is 1. The Bertz CT molecular complexity index is 659. The zero-order valence-electron chi connectivity index (χ0n) is 18.9. The van der Waals surface area contributed by atoms with Gasteiger partial charge in [0.1, 0.15) is 0 Å². The molecule has 1 aromatic rings. The number of nitrogens with one attached hydrogen (secondary N) is 2. The van der Waals surface area contributed by atoms with Gasteiger partial charge in [-0.15, -0.1) is 0 Å². The third-order valence-corrected chi connectivity index (χ3v) is 6.61. The van der Waals surface area contributed by atoms with Crippen LogP contribution in [0.3, 0.4) is 0 Å². The maximum absolute atomic E-state index is 5.97. The monoisotopic (exact) mass is 417 g/mol. The van der Waals surface area contributed by atoms with Gasteiger partial charge in [-0.25, -0.2) is 0 Å². The number of pyridine rings is 1. The van der Waals surface area contributed by atoms with Gasteiger partial charge in [0, 0.05) is 48.6 Å². The van der Waals surface area contributed by atoms with Crippen LogP contribution in [0.1, 0.15) is 65.9 Å². The summed E-state index contributed by atoms with van der Waals surface area (Å²) >= 11 is 5.97. The standard InChI is InChI=1S/C23H39N5S/c1-6-27-12-8-10-20(27)17-28(16-18-9-7-11-24-15-18)21(29)25-19-13-22(2,3)26-23(4,5)14-19/h7,9,11,15,19-20,26H,6,8,10,12-14,16-17H2,1-5H3,(H,25,29). The summed E-state index contributed by atoms with van der Waals surface area (Å²) in [6.07, 6.45) is 8.48. The van der Waals surface area contributed by atoms with Crippen LogP contribution in [-0.4, -0.2) is 62.7 Å². The van der Waals surface area contributed by atoms with Crippen molar-refractivity contribution in [1.29, 1.82) is 0 Å². The number of hydrogen-bond acceptors (Lipinski definition) is 4. The summed E-state index contributed by atoms with van der Waals surface area (Å²) in [5.41, 5.74) is 1.42. The summed E-state index contributed by atoms with van der Waals surface area (Å²) in [4.78, 5) is 9.27. The molecule has 3 rings (SSSR count). The minimum Gasteiger partial charge on any atom is -0.360 e. The first-order chi connectivity index (χ1) is 13.7. The summed E-state index contributed by atoms with van der Waals surface area (Å²) in [5.74, 6) is 0. The molecule has 1 atom stereocenters. The quantitative estimate of drug-likeness (QED) is 0.690. The van der Waals surface area contributed by atoms with E-state index in [1.165, 1.54) is 24.9 Å². The van der Waals surface area contributed by atoms with Crippen LogP contribution in [0.5, 0.6) is 0 Å². The SMILES string of the molecule is CCN1CCCC1CN(Cc1cccnc1)C(=S)NC1CC(C)(C)NC(C)(C)C1. The molecule has 0 spiro atoms. The summed E-state index contributed by atoms with van der Waals surface area (Å²) in [5, 5.41) is 8.38. The Labute approximate surface area is 182 Å². The molecule has 1 aromatic heterocycles. The maximum atomic E-state index is 5.97. The van der Waals surface area contributed by atoms with Crippen molar-refractivity contribution in [2.75, 3.05) is 19.6 Å². The van der Waals surface area contributed by atoms with Crippen molar-refractivity contribution in [1.82, 2.24) is 25.4 Å². The summed E-state index contributed by atoms with van der Waals surface area (Å²) in [6, 6.07) is 5.12. The second kappa shape index (κ2) is 9.27. The number of piperidine rings is 1. The lowest BCUT2D eigenvalue weighted by Crippen LogP contribution is -2.63. The average Bonchev–Trinajstić information content (AvgIpc) is 3.06. The first kappa shape index (κ1) is 22.4. The van der Waals surface area contributed by atoms with Crippen molar-refractivity contribution < 1.29 is 0 Å². The van der Waals surface area contributed by atoms with Crippen LogP contribution in [0.4, 0.5) is 0 Å². The van der Waals surface area contributed by atoms with Crippen LogP contribution in [0, 0.1) is 0 Å². The van der Waals surface area contributed by atoms with E-state index >= 15 is 0 Å². The lowest BCUT2D eigenvalue weighted by Gasteiger charge is -2.47. The molecule has 0 bridgehead atoms. The van der Waals surface area contributed by atoms with Gasteiger partial charge in [0.05, 0.1) is 0 Å². The minimum absolute atomic E-state index is 0.105. The first-order valence-electron chi connectivity index (χ1n) is 11.2. The molecule has 5 nitrogen and oxygen atoms in total. The fraction of sp³-hybridized carbons (Fsp3) is 0.739. The molecule has 0 radical (unpaired) electrons. The largest absolute Gasteiger partial charge is 0.360 e. The highest BCUT2D eigenvalue weighted by atomic mass is 32.1. The van der Waals surface area contributed by atoms with Gasteiger partial charge in [0.25, 0.3) is 0 Å². The molecule has 0 amide bonds. The van der Waals surface area contributed by atoms with Crippen molar-refractivity contribution in [3.05, 3.63) is 30.1 Å². The van der Waals surface area contributed by atoms with E-state index in [-0.39, 0.29) is 11.1 Å². The number of likely N-dealkylation sites (tertiary alicyclic amines) is 1. The highest BCUT2D eigenvalue weighted by Crippen LogP contribution is 2.29. The Hall–Kier alpha value is -1.24. The van der Waals surface area contributed by atoms with Gasteiger partial charge in [-0.2, -0.15) is 0 Å². The smallest absolute Gasteiger partial charge is 0.169 e. The molecular formula is C23H39N5S. The van der Waals surface area contributed by atoms with E-state index in [0.717, 1.165) is 37.6 Å². The van der Waals surface area contributed by atoms with Crippen LogP contribution in [0.15, 0.2) is 24.5 Å². The van der Waals surface area contributed by atoms with Gasteiger partial charge in [-0.1, -0.05) is 13.0 Å². The fourth-order valence-electron chi connectivity index (χ4n) is 5.39. The molecule has 2 fully saturated rings. The summed E-state index contributed by atoms with van der Waals surface area (Å²) in [7, 11) is 0. The van der Waals surface area contributed by atoms with Gasteiger partial charge in [0.15, 0.2) is 5.11 Å². The van der Waals surface area contributed by atoms with Crippen LogP contribution in [-0.2, 0) is 6.54 Å². The van der Waals surface area contributed by atoms with Crippen molar-refractivity contribution in [2.45, 2.75) is 90.0 Å². The predicted octanol–water partition coefficient (Wildman–Crippen LogP) is 3.55. The van der Waals surface area contributed by atoms with Crippen LogP contribution >= 0.6 is 12.2 Å². The summed E-state index contributed by atoms with van der Waals surface area (Å²) < 4.78 is 0. The van der Waals surface area contributed by atoms with Crippen LogP contribution in [0.2, 0.25) is 0 Å². The number of likely N-dealkylation sites (N-methyl/N-ethyl adjacent to an activating group) is 1. The molecule has 0 saturated carbocycles. The molecule has 2 aliphatic heterocycles. The zero-order valence-corrected chi connectivity index (χ0v) is 19.7. The van der Waals surface area contributed by atoms with E-state index in [1.807, 2.05) is 18.5 Å². The van der Waals surface area contributed by atoms with E-state index in [1.54, 1.807) is 0 Å². The lowest BCUT2D eigenvalue weighted by atomic mass is 9.80. The molecule has 6 heteroatoms. The third kappa shape index (κ3) is 6.37. The van der Waals surface area contributed by atoms with Gasteiger partial charge < -0.3 is 15.5 Å². The molecule has 1 unspecified atom stereocenters. The fourth-order valence-corrected chi connectivity index (χ4v) is 5.70. The minimum atomic E-state index is 0.105. The van der Waals surface area contributed by atoms with Crippen molar-refractivity contribution in [3.8, 4) is 0 Å². The molecule has 3 heterocycles.